The van der Waals surface area contributed by atoms with E-state index in [1.165, 1.54) is 24.3 Å². The van der Waals surface area contributed by atoms with Gasteiger partial charge in [-0.05, 0) is 24.3 Å². The fourth-order valence-electron chi connectivity index (χ4n) is 1.83. The highest BCUT2D eigenvalue weighted by Gasteiger charge is 2.59. The lowest BCUT2D eigenvalue weighted by atomic mass is 10.2. The molecule has 25 heavy (non-hydrogen) atoms. The fraction of sp³-hybridized carbons (Fsp3) is 0.188. The molecule has 9 heteroatoms. The number of benzene rings is 2. The number of alkyl halides is 6. The molecule has 3 nitrogen and oxygen atoms in total. The van der Waals surface area contributed by atoms with Crippen molar-refractivity contribution < 1.29 is 35.9 Å². The van der Waals surface area contributed by atoms with Crippen molar-refractivity contribution in [3.05, 3.63) is 60.2 Å². The van der Waals surface area contributed by atoms with E-state index in [1.54, 1.807) is 18.2 Å². The summed E-state index contributed by atoms with van der Waals surface area (Å²) in [6.45, 7) is 0. The number of nitrogens with one attached hydrogen (secondary N) is 1. The second-order valence-corrected chi connectivity index (χ2v) is 4.88. The van der Waals surface area contributed by atoms with E-state index in [9.17, 15) is 31.1 Å². The van der Waals surface area contributed by atoms with Crippen molar-refractivity contribution in [2.75, 3.05) is 5.32 Å². The lowest BCUT2D eigenvalue weighted by Crippen LogP contribution is -2.45. The second kappa shape index (κ2) is 7.04. The third-order valence-corrected chi connectivity index (χ3v) is 3.00. The van der Waals surface area contributed by atoms with Gasteiger partial charge in [0.2, 0.25) is 0 Å². The molecule has 0 spiro atoms. The molecule has 0 unspecified atom stereocenters. The summed E-state index contributed by atoms with van der Waals surface area (Å²) in [5.41, 5.74) is -0.145. The zero-order valence-electron chi connectivity index (χ0n) is 12.4. The summed E-state index contributed by atoms with van der Waals surface area (Å²) in [6.07, 6.45) is -15.5. The smallest absolute Gasteiger partial charge is 0.428 e. The highest BCUT2D eigenvalue weighted by molar-refractivity contribution is 6.04. The maximum atomic E-state index is 13.4. The molecule has 1 amide bonds. The van der Waals surface area contributed by atoms with Gasteiger partial charge in [-0.1, -0.05) is 30.3 Å². The molecule has 0 bridgehead atoms. The molecular formula is C16H11F6NO2. The Hall–Kier alpha value is -2.71. The van der Waals surface area contributed by atoms with Gasteiger partial charge in [-0.2, -0.15) is 22.0 Å². The van der Waals surface area contributed by atoms with Crippen LogP contribution in [0.15, 0.2) is 54.6 Å². The lowest BCUT2D eigenvalue weighted by Gasteiger charge is -2.24. The summed E-state index contributed by atoms with van der Waals surface area (Å²) in [5, 5.41) is 2.23. The van der Waals surface area contributed by atoms with Crippen LogP contribution in [0.25, 0.3) is 0 Å². The quantitative estimate of drug-likeness (QED) is 0.775. The minimum Gasteiger partial charge on any atom is -0.428 e. The molecule has 0 radical (unpaired) electrons. The van der Waals surface area contributed by atoms with Gasteiger partial charge in [-0.25, -0.2) is 4.39 Å². The van der Waals surface area contributed by atoms with Crippen LogP contribution < -0.4 is 10.1 Å². The number of amides is 1. The second-order valence-electron chi connectivity index (χ2n) is 4.88. The number of rotatable bonds is 5. The van der Waals surface area contributed by atoms with Gasteiger partial charge in [-0.15, -0.1) is 0 Å². The average molecular weight is 363 g/mol. The van der Waals surface area contributed by atoms with E-state index in [4.69, 9.17) is 0 Å². The molecule has 2 aromatic carbocycles. The van der Waals surface area contributed by atoms with E-state index in [0.29, 0.717) is 0 Å². The van der Waals surface area contributed by atoms with Gasteiger partial charge < -0.3 is 10.1 Å². The van der Waals surface area contributed by atoms with E-state index < -0.39 is 30.1 Å². The highest BCUT2D eigenvalue weighted by atomic mass is 19.4. The zero-order valence-corrected chi connectivity index (χ0v) is 12.4. The maximum absolute atomic E-state index is 13.4. The number of hydrogen-bond acceptors (Lipinski definition) is 2. The van der Waals surface area contributed by atoms with Gasteiger partial charge in [-0.3, -0.25) is 4.79 Å². The first kappa shape index (κ1) is 18.6. The van der Waals surface area contributed by atoms with Crippen molar-refractivity contribution in [2.24, 2.45) is 0 Å². The van der Waals surface area contributed by atoms with Crippen molar-refractivity contribution in [1.29, 1.82) is 0 Å². The van der Waals surface area contributed by atoms with Gasteiger partial charge in [0.1, 0.15) is 5.75 Å². The van der Waals surface area contributed by atoms with Gasteiger partial charge in [0.15, 0.2) is 0 Å². The maximum Gasteiger partial charge on any atom is 0.439 e. The summed E-state index contributed by atoms with van der Waals surface area (Å²) < 4.78 is 80.2. The van der Waals surface area contributed by atoms with E-state index in [2.05, 4.69) is 10.1 Å². The van der Waals surface area contributed by atoms with Crippen molar-refractivity contribution in [1.82, 2.24) is 0 Å². The summed E-state index contributed by atoms with van der Waals surface area (Å²) in [6, 6.07) is 12.2. The van der Waals surface area contributed by atoms with Crippen LogP contribution in [-0.2, 0) is 0 Å². The Bertz CT molecular complexity index is 733. The highest BCUT2D eigenvalue weighted by Crippen LogP contribution is 2.38. The molecule has 2 aromatic rings. The molecule has 0 aromatic heterocycles. The molecule has 0 heterocycles. The first-order valence-corrected chi connectivity index (χ1v) is 6.84. The number of anilines is 1. The first-order valence-electron chi connectivity index (χ1n) is 6.84. The Morgan fingerprint density at radius 1 is 0.920 bits per heavy atom. The van der Waals surface area contributed by atoms with Gasteiger partial charge in [0.05, 0.1) is 5.69 Å². The van der Waals surface area contributed by atoms with Gasteiger partial charge in [0, 0.05) is 5.56 Å². The number of carbonyl (C=O) groups excluding carboxylic acids is 1. The number of carbonyl (C=O) groups is 1. The Balaban J connectivity index is 2.22. The van der Waals surface area contributed by atoms with E-state index >= 15 is 0 Å². The molecule has 0 saturated heterocycles. The third kappa shape index (κ3) is 4.65. The van der Waals surface area contributed by atoms with Crippen LogP contribution in [0.3, 0.4) is 0 Å². The molecular weight excluding hydrogens is 352 g/mol. The molecule has 2 rings (SSSR count). The van der Waals surface area contributed by atoms with Crippen molar-refractivity contribution in [3.8, 4) is 5.75 Å². The largest absolute Gasteiger partial charge is 0.439 e. The summed E-state index contributed by atoms with van der Waals surface area (Å²) in [5.74, 6) is -1.50. The Morgan fingerprint density at radius 2 is 1.48 bits per heavy atom. The van der Waals surface area contributed by atoms with Crippen LogP contribution in [0.5, 0.6) is 5.75 Å². The minimum atomic E-state index is -5.80. The summed E-state index contributed by atoms with van der Waals surface area (Å²) in [4.78, 5) is 12.0. The van der Waals surface area contributed by atoms with Gasteiger partial charge >= 0.3 is 12.3 Å². The monoisotopic (exact) mass is 363 g/mol. The fourth-order valence-corrected chi connectivity index (χ4v) is 1.83. The molecule has 0 aliphatic carbocycles. The van der Waals surface area contributed by atoms with Crippen molar-refractivity contribution in [2.45, 2.75) is 18.5 Å². The van der Waals surface area contributed by atoms with Crippen LogP contribution in [0, 0.1) is 0 Å². The predicted octanol–water partition coefficient (Wildman–Crippen LogP) is 4.81. The van der Waals surface area contributed by atoms with E-state index in [-0.39, 0.29) is 11.3 Å². The van der Waals surface area contributed by atoms with Crippen LogP contribution >= 0.6 is 0 Å². The van der Waals surface area contributed by atoms with Crippen LogP contribution in [-0.4, -0.2) is 24.4 Å². The Kier molecular flexibility index (Phi) is 5.24. The number of para-hydroxylation sites is 2. The number of halogens is 6. The Morgan fingerprint density at radius 3 is 2.08 bits per heavy atom. The number of ether oxygens (including phenoxy) is 1. The van der Waals surface area contributed by atoms with Crippen LogP contribution in [0.4, 0.5) is 32.0 Å². The topological polar surface area (TPSA) is 38.3 Å². The van der Waals surface area contributed by atoms with E-state index in [0.717, 1.165) is 12.1 Å². The zero-order chi connectivity index (χ0) is 18.7. The van der Waals surface area contributed by atoms with Crippen LogP contribution in [0.1, 0.15) is 10.4 Å². The number of hydrogen-bond donors (Lipinski definition) is 1. The minimum absolute atomic E-state index is 0.183. The molecule has 0 aliphatic rings. The first-order chi connectivity index (χ1) is 11.6. The molecule has 1 N–H and O–H groups in total. The average Bonchev–Trinajstić information content (AvgIpc) is 2.55. The lowest BCUT2D eigenvalue weighted by molar-refractivity contribution is -0.304. The third-order valence-electron chi connectivity index (χ3n) is 3.00. The van der Waals surface area contributed by atoms with Crippen LogP contribution in [0.2, 0.25) is 0 Å². The standard InChI is InChI=1S/C16H11F6NO2/c17-14(15(18,19)20)16(21,22)25-12-9-5-4-8-11(12)23-13(24)10-6-2-1-3-7-10/h1-9,14H,(H,23,24)/t14-/m1/s1. The van der Waals surface area contributed by atoms with Crippen molar-refractivity contribution >= 4 is 11.6 Å². The van der Waals surface area contributed by atoms with E-state index in [1.807, 2.05) is 0 Å². The van der Waals surface area contributed by atoms with Gasteiger partial charge in [0.25, 0.3) is 12.1 Å². The summed E-state index contributed by atoms with van der Waals surface area (Å²) in [7, 11) is 0. The molecule has 0 aliphatic heterocycles. The Labute approximate surface area is 138 Å². The molecule has 1 atom stereocenters. The predicted molar refractivity (Wildman–Crippen MR) is 77.4 cm³/mol. The normalized spacial score (nSPS) is 13.2. The SMILES string of the molecule is O=C(Nc1ccccc1OC(F)(F)[C@H](F)C(F)(F)F)c1ccccc1. The molecule has 134 valence electrons. The molecule has 0 saturated carbocycles. The molecule has 0 fully saturated rings. The van der Waals surface area contributed by atoms with Crippen molar-refractivity contribution in [3.63, 3.8) is 0 Å². The summed E-state index contributed by atoms with van der Waals surface area (Å²) >= 11 is 0.